The molecule has 1 N–H and O–H groups in total. The molecule has 4 nitrogen and oxygen atoms in total. The van der Waals surface area contributed by atoms with E-state index >= 15 is 0 Å². The molecular weight excluding hydrogens is 416 g/mol. The second kappa shape index (κ2) is 12.0. The third-order valence-electron chi connectivity index (χ3n) is 5.00. The molecule has 6 heteroatoms. The standard InChI is InChI=1S/C24H31ClN2O2S/c1-5-18(4)26-24(29)22(6-2)27(15-19-9-7-8-17(3)14-19)23(28)16-30-21-12-10-20(25)11-13-21/h7-14,18,22H,5-6,15-16H2,1-4H3,(H,26,29)/t18-,22+/m1/s1. The molecule has 0 heterocycles. The maximum absolute atomic E-state index is 13.2. The molecule has 2 atom stereocenters. The summed E-state index contributed by atoms with van der Waals surface area (Å²) in [6.07, 6.45) is 1.41. The normalized spacial score (nSPS) is 12.8. The van der Waals surface area contributed by atoms with E-state index in [4.69, 9.17) is 11.6 Å². The van der Waals surface area contributed by atoms with E-state index in [9.17, 15) is 9.59 Å². The average Bonchev–Trinajstić information content (AvgIpc) is 2.72. The molecule has 2 aromatic carbocycles. The Bertz CT molecular complexity index is 841. The summed E-state index contributed by atoms with van der Waals surface area (Å²) in [4.78, 5) is 28.9. The van der Waals surface area contributed by atoms with Crippen LogP contribution in [0.2, 0.25) is 5.02 Å². The summed E-state index contributed by atoms with van der Waals surface area (Å²) in [6, 6.07) is 15.1. The van der Waals surface area contributed by atoms with Crippen LogP contribution >= 0.6 is 23.4 Å². The number of thioether (sulfide) groups is 1. The number of amides is 2. The van der Waals surface area contributed by atoms with Crippen LogP contribution in [0.25, 0.3) is 0 Å². The van der Waals surface area contributed by atoms with Crippen molar-refractivity contribution in [2.75, 3.05) is 5.75 Å². The Morgan fingerprint density at radius 3 is 2.40 bits per heavy atom. The summed E-state index contributed by atoms with van der Waals surface area (Å²) in [7, 11) is 0. The molecular formula is C24H31ClN2O2S. The van der Waals surface area contributed by atoms with Crippen LogP contribution < -0.4 is 5.32 Å². The van der Waals surface area contributed by atoms with Crippen molar-refractivity contribution in [1.82, 2.24) is 10.2 Å². The second-order valence-electron chi connectivity index (χ2n) is 7.50. The number of nitrogens with zero attached hydrogens (tertiary/aromatic N) is 1. The highest BCUT2D eigenvalue weighted by Gasteiger charge is 2.29. The maximum atomic E-state index is 13.2. The Morgan fingerprint density at radius 2 is 1.80 bits per heavy atom. The molecule has 2 amide bonds. The van der Waals surface area contributed by atoms with Crippen LogP contribution in [0.5, 0.6) is 0 Å². The van der Waals surface area contributed by atoms with Crippen molar-refractivity contribution >= 4 is 35.2 Å². The van der Waals surface area contributed by atoms with E-state index in [1.165, 1.54) is 11.8 Å². The van der Waals surface area contributed by atoms with Gasteiger partial charge in [0.05, 0.1) is 5.75 Å². The Labute approximate surface area is 189 Å². The van der Waals surface area contributed by atoms with Gasteiger partial charge in [0.2, 0.25) is 11.8 Å². The van der Waals surface area contributed by atoms with E-state index in [1.54, 1.807) is 4.90 Å². The number of carbonyl (C=O) groups excluding carboxylic acids is 2. The van der Waals surface area contributed by atoms with Crippen LogP contribution in [-0.4, -0.2) is 34.6 Å². The molecule has 0 fully saturated rings. The number of halogens is 1. The Kier molecular flexibility index (Phi) is 9.73. The number of benzene rings is 2. The monoisotopic (exact) mass is 446 g/mol. The molecule has 0 bridgehead atoms. The quantitative estimate of drug-likeness (QED) is 0.493. The van der Waals surface area contributed by atoms with Gasteiger partial charge in [-0.15, -0.1) is 11.8 Å². The molecule has 0 aliphatic carbocycles. The van der Waals surface area contributed by atoms with E-state index < -0.39 is 6.04 Å². The molecule has 0 unspecified atom stereocenters. The van der Waals surface area contributed by atoms with E-state index in [-0.39, 0.29) is 23.6 Å². The fourth-order valence-electron chi connectivity index (χ4n) is 3.13. The van der Waals surface area contributed by atoms with Crippen LogP contribution in [0.3, 0.4) is 0 Å². The van der Waals surface area contributed by atoms with Crippen molar-refractivity contribution < 1.29 is 9.59 Å². The highest BCUT2D eigenvalue weighted by atomic mass is 35.5. The number of aryl methyl sites for hydroxylation is 1. The minimum atomic E-state index is -0.502. The zero-order valence-electron chi connectivity index (χ0n) is 18.2. The van der Waals surface area contributed by atoms with Crippen LogP contribution in [-0.2, 0) is 16.1 Å². The van der Waals surface area contributed by atoms with E-state index in [0.717, 1.165) is 22.4 Å². The molecule has 30 heavy (non-hydrogen) atoms. The summed E-state index contributed by atoms with van der Waals surface area (Å²) in [5.41, 5.74) is 2.15. The van der Waals surface area contributed by atoms with Gasteiger partial charge in [0.25, 0.3) is 0 Å². The van der Waals surface area contributed by atoms with Gasteiger partial charge in [0.1, 0.15) is 6.04 Å². The predicted molar refractivity (Wildman–Crippen MR) is 126 cm³/mol. The third kappa shape index (κ3) is 7.37. The first-order valence-corrected chi connectivity index (χ1v) is 11.7. The van der Waals surface area contributed by atoms with Gasteiger partial charge < -0.3 is 10.2 Å². The zero-order valence-corrected chi connectivity index (χ0v) is 19.7. The highest BCUT2D eigenvalue weighted by molar-refractivity contribution is 8.00. The highest BCUT2D eigenvalue weighted by Crippen LogP contribution is 2.22. The molecule has 0 aliphatic heterocycles. The van der Waals surface area contributed by atoms with E-state index in [2.05, 4.69) is 11.4 Å². The number of nitrogens with one attached hydrogen (secondary N) is 1. The van der Waals surface area contributed by atoms with Crippen molar-refractivity contribution in [1.29, 1.82) is 0 Å². The van der Waals surface area contributed by atoms with Gasteiger partial charge in [-0.3, -0.25) is 9.59 Å². The van der Waals surface area contributed by atoms with Crippen molar-refractivity contribution in [2.24, 2.45) is 0 Å². The molecule has 0 aromatic heterocycles. The first kappa shape index (κ1) is 24.3. The second-order valence-corrected chi connectivity index (χ2v) is 8.98. The number of carbonyl (C=O) groups is 2. The molecule has 0 saturated heterocycles. The predicted octanol–water partition coefficient (Wildman–Crippen LogP) is 5.46. The van der Waals surface area contributed by atoms with Gasteiger partial charge in [0, 0.05) is 22.5 Å². The Morgan fingerprint density at radius 1 is 1.10 bits per heavy atom. The Balaban J connectivity index is 2.20. The van der Waals surface area contributed by atoms with Gasteiger partial charge in [-0.25, -0.2) is 0 Å². The van der Waals surface area contributed by atoms with Crippen LogP contribution in [0.1, 0.15) is 44.7 Å². The largest absolute Gasteiger partial charge is 0.352 e. The lowest BCUT2D eigenvalue weighted by molar-refractivity contribution is -0.139. The molecule has 0 saturated carbocycles. The van der Waals surface area contributed by atoms with Gasteiger partial charge in [0.15, 0.2) is 0 Å². The average molecular weight is 447 g/mol. The fraction of sp³-hybridized carbons (Fsp3) is 0.417. The van der Waals surface area contributed by atoms with Crippen molar-refractivity contribution in [2.45, 2.75) is 64.1 Å². The summed E-state index contributed by atoms with van der Waals surface area (Å²) in [6.45, 7) is 8.40. The molecule has 2 aromatic rings. The van der Waals surface area contributed by atoms with Crippen LogP contribution in [0, 0.1) is 6.92 Å². The summed E-state index contributed by atoms with van der Waals surface area (Å²) >= 11 is 7.40. The SMILES string of the molecule is CC[C@@H](C)NC(=O)[C@H](CC)N(Cc1cccc(C)c1)C(=O)CSc1ccc(Cl)cc1. The maximum Gasteiger partial charge on any atom is 0.243 e. The first-order valence-electron chi connectivity index (χ1n) is 10.4. The van der Waals surface area contributed by atoms with Crippen molar-refractivity contribution in [3.05, 3.63) is 64.7 Å². The molecule has 0 aliphatic rings. The van der Waals surface area contributed by atoms with Gasteiger partial charge in [-0.05, 0) is 56.5 Å². The summed E-state index contributed by atoms with van der Waals surface area (Å²) in [5.74, 6) is 0.118. The number of hydrogen-bond acceptors (Lipinski definition) is 3. The fourth-order valence-corrected chi connectivity index (χ4v) is 4.04. The third-order valence-corrected chi connectivity index (χ3v) is 6.25. The van der Waals surface area contributed by atoms with Gasteiger partial charge in [-0.1, -0.05) is 55.3 Å². The zero-order chi connectivity index (χ0) is 22.1. The van der Waals surface area contributed by atoms with Crippen molar-refractivity contribution in [3.8, 4) is 0 Å². The number of rotatable bonds is 10. The summed E-state index contributed by atoms with van der Waals surface area (Å²) in [5, 5.41) is 3.71. The summed E-state index contributed by atoms with van der Waals surface area (Å²) < 4.78 is 0. The number of hydrogen-bond donors (Lipinski definition) is 1. The van der Waals surface area contributed by atoms with Gasteiger partial charge >= 0.3 is 0 Å². The smallest absolute Gasteiger partial charge is 0.243 e. The van der Waals surface area contributed by atoms with E-state index in [1.807, 2.05) is 70.2 Å². The lowest BCUT2D eigenvalue weighted by Crippen LogP contribution is -2.51. The van der Waals surface area contributed by atoms with Crippen LogP contribution in [0.4, 0.5) is 0 Å². The van der Waals surface area contributed by atoms with Crippen LogP contribution in [0.15, 0.2) is 53.4 Å². The van der Waals surface area contributed by atoms with Gasteiger partial charge in [-0.2, -0.15) is 0 Å². The first-order chi connectivity index (χ1) is 14.3. The minimum Gasteiger partial charge on any atom is -0.352 e. The molecule has 2 rings (SSSR count). The van der Waals surface area contributed by atoms with Crippen molar-refractivity contribution in [3.63, 3.8) is 0 Å². The van der Waals surface area contributed by atoms with E-state index in [0.29, 0.717) is 18.0 Å². The molecule has 162 valence electrons. The molecule has 0 spiro atoms. The lowest BCUT2D eigenvalue weighted by atomic mass is 10.1. The Hall–Kier alpha value is -1.98. The lowest BCUT2D eigenvalue weighted by Gasteiger charge is -2.31. The topological polar surface area (TPSA) is 49.4 Å². The molecule has 0 radical (unpaired) electrons. The minimum absolute atomic E-state index is 0.0531.